The quantitative estimate of drug-likeness (QED) is 0.735. The minimum atomic E-state index is 0.191. The van der Waals surface area contributed by atoms with Gasteiger partial charge in [-0.1, -0.05) is 31.4 Å². The number of ketones is 1. The van der Waals surface area contributed by atoms with Crippen molar-refractivity contribution in [3.05, 3.63) is 11.9 Å². The lowest BCUT2D eigenvalue weighted by Crippen LogP contribution is -2.24. The highest BCUT2D eigenvalue weighted by atomic mass is 16.1. The van der Waals surface area contributed by atoms with E-state index in [4.69, 9.17) is 0 Å². The largest absolute Gasteiger partial charge is 0.292 e. The van der Waals surface area contributed by atoms with Crippen molar-refractivity contribution in [1.29, 1.82) is 0 Å². The van der Waals surface area contributed by atoms with E-state index >= 15 is 0 Å². The Morgan fingerprint density at radius 2 is 2.38 bits per heavy atom. The Balaban J connectivity index is 2.07. The summed E-state index contributed by atoms with van der Waals surface area (Å²) in [4.78, 5) is 12.2. The molecule has 1 aromatic heterocycles. The molecule has 2 unspecified atom stereocenters. The molecule has 0 saturated heterocycles. The summed E-state index contributed by atoms with van der Waals surface area (Å²) >= 11 is 0. The molecule has 16 heavy (non-hydrogen) atoms. The van der Waals surface area contributed by atoms with Gasteiger partial charge in [-0.3, -0.25) is 4.79 Å². The highest BCUT2D eigenvalue weighted by molar-refractivity contribution is 5.96. The van der Waals surface area contributed by atoms with E-state index in [0.29, 0.717) is 5.69 Å². The maximum absolute atomic E-state index is 12.2. The molecule has 1 aliphatic carbocycles. The maximum Gasteiger partial charge on any atom is 0.185 e. The predicted molar refractivity (Wildman–Crippen MR) is 61.1 cm³/mol. The number of nitrogens with zero attached hydrogens (tertiary/aromatic N) is 3. The zero-order valence-electron chi connectivity index (χ0n) is 10.0. The van der Waals surface area contributed by atoms with Crippen molar-refractivity contribution in [2.75, 3.05) is 0 Å². The van der Waals surface area contributed by atoms with Crippen LogP contribution < -0.4 is 0 Å². The number of hydrogen-bond acceptors (Lipinski definition) is 3. The molecule has 0 aliphatic heterocycles. The van der Waals surface area contributed by atoms with Crippen LogP contribution in [0.4, 0.5) is 0 Å². The second-order valence-corrected chi connectivity index (χ2v) is 4.74. The van der Waals surface area contributed by atoms with Crippen LogP contribution in [0.25, 0.3) is 0 Å². The van der Waals surface area contributed by atoms with E-state index in [1.54, 1.807) is 17.9 Å². The predicted octanol–water partition coefficient (Wildman–Crippen LogP) is 2.21. The third kappa shape index (κ3) is 2.15. The molecule has 4 nitrogen and oxygen atoms in total. The zero-order valence-corrected chi connectivity index (χ0v) is 10.0. The van der Waals surface area contributed by atoms with E-state index in [1.807, 2.05) is 0 Å². The Hall–Kier alpha value is -1.19. The van der Waals surface area contributed by atoms with Gasteiger partial charge in [-0.2, -0.15) is 0 Å². The third-order valence-electron chi connectivity index (χ3n) is 3.70. The second kappa shape index (κ2) is 4.76. The molecule has 0 aromatic carbocycles. The lowest BCUT2D eigenvalue weighted by molar-refractivity contribution is 0.0852. The normalized spacial score (nSPS) is 25.6. The van der Waals surface area contributed by atoms with Gasteiger partial charge in [0, 0.05) is 13.0 Å². The van der Waals surface area contributed by atoms with Crippen molar-refractivity contribution in [3.8, 4) is 0 Å². The monoisotopic (exact) mass is 221 g/mol. The molecule has 4 heteroatoms. The second-order valence-electron chi connectivity index (χ2n) is 4.74. The lowest BCUT2D eigenvalue weighted by Gasteiger charge is -2.27. The minimum Gasteiger partial charge on any atom is -0.292 e. The molecule has 0 amide bonds. The Labute approximate surface area is 96.0 Å². The van der Waals surface area contributed by atoms with Gasteiger partial charge in [0.25, 0.3) is 0 Å². The number of carbonyl (C=O) groups is 1. The lowest BCUT2D eigenvalue weighted by atomic mass is 9.78. The molecular weight excluding hydrogens is 202 g/mol. The first-order valence-corrected chi connectivity index (χ1v) is 6.11. The van der Waals surface area contributed by atoms with E-state index < -0.39 is 0 Å². The van der Waals surface area contributed by atoms with Gasteiger partial charge in [0.05, 0.1) is 6.20 Å². The summed E-state index contributed by atoms with van der Waals surface area (Å²) in [6.45, 7) is 2.21. The molecule has 1 heterocycles. The molecule has 0 spiro atoms. The maximum atomic E-state index is 12.2. The minimum absolute atomic E-state index is 0.191. The molecular formula is C12H19N3O. The molecule has 1 fully saturated rings. The molecule has 1 aromatic rings. The topological polar surface area (TPSA) is 47.8 Å². The van der Waals surface area contributed by atoms with Gasteiger partial charge < -0.3 is 0 Å². The summed E-state index contributed by atoms with van der Waals surface area (Å²) in [6.07, 6.45) is 7.30. The average molecular weight is 221 g/mol. The van der Waals surface area contributed by atoms with Gasteiger partial charge in [0.1, 0.15) is 5.69 Å². The number of Topliss-reactive ketones (excluding diaryl/α,β-unsaturated/α-hetero) is 1. The first kappa shape index (κ1) is 11.3. The highest BCUT2D eigenvalue weighted by Crippen LogP contribution is 2.32. The average Bonchev–Trinajstić information content (AvgIpc) is 2.74. The third-order valence-corrected chi connectivity index (χ3v) is 3.70. The number of carbonyl (C=O) groups excluding carboxylic acids is 1. The number of rotatable bonds is 3. The fourth-order valence-electron chi connectivity index (χ4n) is 2.62. The fraction of sp³-hybridized carbons (Fsp3) is 0.750. The van der Waals surface area contributed by atoms with Crippen LogP contribution in [0.5, 0.6) is 0 Å². The van der Waals surface area contributed by atoms with Gasteiger partial charge in [-0.05, 0) is 18.8 Å². The molecule has 1 saturated carbocycles. The summed E-state index contributed by atoms with van der Waals surface area (Å²) < 4.78 is 1.58. The summed E-state index contributed by atoms with van der Waals surface area (Å²) in [5.74, 6) is 1.14. The van der Waals surface area contributed by atoms with Crippen molar-refractivity contribution in [1.82, 2.24) is 15.0 Å². The molecule has 0 N–H and O–H groups in total. The van der Waals surface area contributed by atoms with Gasteiger partial charge >= 0.3 is 0 Å². The Morgan fingerprint density at radius 3 is 3.00 bits per heavy atom. The zero-order chi connectivity index (χ0) is 11.5. The van der Waals surface area contributed by atoms with Crippen molar-refractivity contribution in [2.24, 2.45) is 18.9 Å². The van der Waals surface area contributed by atoms with Crippen molar-refractivity contribution >= 4 is 5.78 Å². The van der Waals surface area contributed by atoms with E-state index in [0.717, 1.165) is 18.8 Å². The van der Waals surface area contributed by atoms with Gasteiger partial charge in [0.2, 0.25) is 0 Å². The molecule has 2 rings (SSSR count). The van der Waals surface area contributed by atoms with Crippen LogP contribution in [0.1, 0.15) is 49.5 Å². The summed E-state index contributed by atoms with van der Waals surface area (Å²) in [7, 11) is 1.78. The van der Waals surface area contributed by atoms with Gasteiger partial charge in [0.15, 0.2) is 5.78 Å². The van der Waals surface area contributed by atoms with Crippen molar-refractivity contribution in [2.45, 2.75) is 39.0 Å². The first-order chi connectivity index (χ1) is 7.72. The highest BCUT2D eigenvalue weighted by Gasteiger charge is 2.28. The van der Waals surface area contributed by atoms with E-state index in [2.05, 4.69) is 17.2 Å². The van der Waals surface area contributed by atoms with Crippen LogP contribution in [0.3, 0.4) is 0 Å². The molecule has 2 atom stereocenters. The van der Waals surface area contributed by atoms with Gasteiger partial charge in [-0.15, -0.1) is 5.10 Å². The van der Waals surface area contributed by atoms with Gasteiger partial charge in [-0.25, -0.2) is 4.68 Å². The van der Waals surface area contributed by atoms with Crippen LogP contribution in [0.15, 0.2) is 6.20 Å². The number of aryl methyl sites for hydroxylation is 1. The first-order valence-electron chi connectivity index (χ1n) is 6.11. The molecule has 0 radical (unpaired) electrons. The molecule has 1 aliphatic rings. The molecule has 88 valence electrons. The summed E-state index contributed by atoms with van der Waals surface area (Å²) in [5, 5.41) is 7.59. The fourth-order valence-corrected chi connectivity index (χ4v) is 2.62. The Morgan fingerprint density at radius 1 is 1.56 bits per heavy atom. The summed E-state index contributed by atoms with van der Waals surface area (Å²) in [6, 6.07) is 0. The van der Waals surface area contributed by atoms with E-state index in [1.165, 1.54) is 19.3 Å². The summed E-state index contributed by atoms with van der Waals surface area (Å²) in [5.41, 5.74) is 0.654. The van der Waals surface area contributed by atoms with Crippen LogP contribution in [-0.2, 0) is 7.05 Å². The van der Waals surface area contributed by atoms with Crippen LogP contribution in [-0.4, -0.2) is 20.8 Å². The Kier molecular flexibility index (Phi) is 3.36. The van der Waals surface area contributed by atoms with Crippen LogP contribution in [0.2, 0.25) is 0 Å². The Bertz CT molecular complexity index is 372. The van der Waals surface area contributed by atoms with E-state index in [-0.39, 0.29) is 11.7 Å². The van der Waals surface area contributed by atoms with Crippen LogP contribution in [0, 0.1) is 11.8 Å². The van der Waals surface area contributed by atoms with Crippen molar-refractivity contribution in [3.63, 3.8) is 0 Å². The smallest absolute Gasteiger partial charge is 0.185 e. The van der Waals surface area contributed by atoms with E-state index in [9.17, 15) is 4.79 Å². The standard InChI is InChI=1S/C12H19N3O/c1-3-9-5-4-6-10(7-9)12(16)11-8-13-14-15(11)2/h8-10H,3-7H2,1-2H3. The van der Waals surface area contributed by atoms with Crippen LogP contribution >= 0.6 is 0 Å². The SMILES string of the molecule is CCC1CCCC(C(=O)c2cnnn2C)C1. The number of hydrogen-bond donors (Lipinski definition) is 0. The molecule has 0 bridgehead atoms. The number of aromatic nitrogens is 3. The van der Waals surface area contributed by atoms with Crippen molar-refractivity contribution < 1.29 is 4.79 Å².